The van der Waals surface area contributed by atoms with Crippen LogP contribution in [-0.4, -0.2) is 110 Å². The van der Waals surface area contributed by atoms with Gasteiger partial charge in [-0.15, -0.1) is 0 Å². The molecule has 2 saturated heterocycles. The molecule has 11 heteroatoms. The number of ether oxygens (including phenoxy) is 3. The van der Waals surface area contributed by atoms with E-state index in [1.54, 1.807) is 9.80 Å². The highest BCUT2D eigenvalue weighted by Crippen LogP contribution is 2.21. The quantitative estimate of drug-likeness (QED) is 0.452. The van der Waals surface area contributed by atoms with Crippen LogP contribution in [0.25, 0.3) is 0 Å². The van der Waals surface area contributed by atoms with Gasteiger partial charge < -0.3 is 34.4 Å². The van der Waals surface area contributed by atoms with Crippen molar-refractivity contribution >= 4 is 11.9 Å². The van der Waals surface area contributed by atoms with Gasteiger partial charge in [0.1, 0.15) is 42.7 Å². The first-order valence-electron chi connectivity index (χ1n) is 12.7. The molecule has 10 nitrogen and oxygen atoms in total. The Morgan fingerprint density at radius 1 is 1.03 bits per heavy atom. The van der Waals surface area contributed by atoms with Gasteiger partial charge in [0.25, 0.3) is 0 Å². The second-order valence-electron chi connectivity index (χ2n) is 9.64. The number of halogens is 1. The Labute approximate surface area is 221 Å². The number of urea groups is 1. The Morgan fingerprint density at radius 2 is 1.74 bits per heavy atom. The molecule has 0 radical (unpaired) electrons. The van der Waals surface area contributed by atoms with Crippen molar-refractivity contribution in [2.24, 2.45) is 0 Å². The minimum absolute atomic E-state index is 0.0618. The second kappa shape index (κ2) is 12.9. The third-order valence-electron chi connectivity index (χ3n) is 6.54. The first kappa shape index (κ1) is 27.6. The fourth-order valence-corrected chi connectivity index (χ4v) is 4.59. The van der Waals surface area contributed by atoms with Crippen LogP contribution in [0.3, 0.4) is 0 Å². The summed E-state index contributed by atoms with van der Waals surface area (Å²) < 4.78 is 29.8. The molecule has 2 N–H and O–H groups in total. The monoisotopic (exact) mass is 530 g/mol. The van der Waals surface area contributed by atoms with E-state index in [1.807, 2.05) is 24.3 Å². The van der Waals surface area contributed by atoms with Crippen molar-refractivity contribution < 1.29 is 33.3 Å². The lowest BCUT2D eigenvalue weighted by Gasteiger charge is -2.33. The largest absolute Gasteiger partial charge is 0.492 e. The molecular formula is C27H35FN4O6. The Hall–Kier alpha value is -3.41. The van der Waals surface area contributed by atoms with Crippen LogP contribution in [0.15, 0.2) is 48.5 Å². The summed E-state index contributed by atoms with van der Waals surface area (Å²) in [6.07, 6.45) is 0. The minimum atomic E-state index is -1.35. The standard InChI is InChI=1S/C27H35FN4O6/c1-36-17-25(33)32-13-12-30(18-27(35,19-32)20-38-24-8-4-22(28)5-9-24)16-21-2-6-23(7-3-21)37-15-14-31-11-10-29-26(31)34/h2-9,35H,10-20H2,1H3,(H,29,34)/t27-/m0/s1. The van der Waals surface area contributed by atoms with Gasteiger partial charge >= 0.3 is 6.03 Å². The molecule has 2 fully saturated rings. The lowest BCUT2D eigenvalue weighted by atomic mass is 10.0. The highest BCUT2D eigenvalue weighted by molar-refractivity contribution is 5.77. The van der Waals surface area contributed by atoms with Gasteiger partial charge in [-0.05, 0) is 42.0 Å². The fourth-order valence-electron chi connectivity index (χ4n) is 4.59. The van der Waals surface area contributed by atoms with E-state index in [0.717, 1.165) is 5.56 Å². The van der Waals surface area contributed by atoms with E-state index in [-0.39, 0.29) is 44.1 Å². The number of hydrogen-bond donors (Lipinski definition) is 2. The number of carbonyl (C=O) groups excluding carboxylic acids is 2. The van der Waals surface area contributed by atoms with Crippen molar-refractivity contribution in [2.45, 2.75) is 12.1 Å². The Morgan fingerprint density at radius 3 is 2.42 bits per heavy atom. The van der Waals surface area contributed by atoms with Crippen molar-refractivity contribution in [1.82, 2.24) is 20.0 Å². The summed E-state index contributed by atoms with van der Waals surface area (Å²) in [4.78, 5) is 29.6. The Kier molecular flexibility index (Phi) is 9.38. The number of carbonyl (C=O) groups is 2. The van der Waals surface area contributed by atoms with Gasteiger partial charge in [-0.25, -0.2) is 9.18 Å². The minimum Gasteiger partial charge on any atom is -0.492 e. The molecule has 0 unspecified atom stereocenters. The molecule has 1 atom stereocenters. The van der Waals surface area contributed by atoms with Gasteiger partial charge in [0.2, 0.25) is 5.91 Å². The van der Waals surface area contributed by atoms with E-state index in [4.69, 9.17) is 14.2 Å². The number of amides is 3. The number of hydrogen-bond acceptors (Lipinski definition) is 7. The third kappa shape index (κ3) is 7.80. The average molecular weight is 531 g/mol. The van der Waals surface area contributed by atoms with Gasteiger partial charge in [-0.2, -0.15) is 0 Å². The van der Waals surface area contributed by atoms with E-state index in [0.29, 0.717) is 57.4 Å². The molecule has 0 bridgehead atoms. The summed E-state index contributed by atoms with van der Waals surface area (Å²) >= 11 is 0. The SMILES string of the molecule is COCC(=O)N1CCN(Cc2ccc(OCCN3CCNC3=O)cc2)C[C@@](O)(COc2ccc(F)cc2)C1. The zero-order chi connectivity index (χ0) is 27.0. The molecule has 4 rings (SSSR count). The predicted molar refractivity (Wildman–Crippen MR) is 137 cm³/mol. The van der Waals surface area contributed by atoms with Crippen molar-refractivity contribution in [3.8, 4) is 11.5 Å². The number of benzene rings is 2. The van der Waals surface area contributed by atoms with E-state index >= 15 is 0 Å². The third-order valence-corrected chi connectivity index (χ3v) is 6.54. The summed E-state index contributed by atoms with van der Waals surface area (Å²) in [7, 11) is 1.46. The summed E-state index contributed by atoms with van der Waals surface area (Å²) in [5.41, 5.74) is -0.325. The van der Waals surface area contributed by atoms with Crippen LogP contribution in [0.5, 0.6) is 11.5 Å². The molecule has 38 heavy (non-hydrogen) atoms. The summed E-state index contributed by atoms with van der Waals surface area (Å²) in [6.45, 7) is 4.07. The zero-order valence-corrected chi connectivity index (χ0v) is 21.6. The first-order valence-corrected chi connectivity index (χ1v) is 12.7. The molecule has 2 aliphatic heterocycles. The molecule has 2 aromatic carbocycles. The number of aliphatic hydroxyl groups is 1. The molecule has 0 saturated carbocycles. The van der Waals surface area contributed by atoms with Gasteiger partial charge in [-0.1, -0.05) is 12.1 Å². The van der Waals surface area contributed by atoms with Crippen LogP contribution >= 0.6 is 0 Å². The maximum Gasteiger partial charge on any atom is 0.317 e. The smallest absolute Gasteiger partial charge is 0.317 e. The van der Waals surface area contributed by atoms with Crippen LogP contribution < -0.4 is 14.8 Å². The highest BCUT2D eigenvalue weighted by atomic mass is 19.1. The molecular weight excluding hydrogens is 495 g/mol. The van der Waals surface area contributed by atoms with E-state index < -0.39 is 5.60 Å². The van der Waals surface area contributed by atoms with Gasteiger partial charge in [0.15, 0.2) is 0 Å². The lowest BCUT2D eigenvalue weighted by Crippen LogP contribution is -2.52. The van der Waals surface area contributed by atoms with E-state index in [1.165, 1.54) is 31.4 Å². The van der Waals surface area contributed by atoms with Crippen LogP contribution in [-0.2, 0) is 16.1 Å². The number of methoxy groups -OCH3 is 1. The fraction of sp³-hybridized carbons (Fsp3) is 0.481. The maximum absolute atomic E-state index is 13.3. The lowest BCUT2D eigenvalue weighted by molar-refractivity contribution is -0.138. The summed E-state index contributed by atoms with van der Waals surface area (Å²) in [6, 6.07) is 13.2. The number of rotatable bonds is 11. The molecule has 206 valence electrons. The molecule has 2 heterocycles. The first-order chi connectivity index (χ1) is 18.3. The molecule has 0 aromatic heterocycles. The van der Waals surface area contributed by atoms with Crippen molar-refractivity contribution in [1.29, 1.82) is 0 Å². The van der Waals surface area contributed by atoms with Crippen LogP contribution in [0, 0.1) is 5.82 Å². The number of β-amino-alcohol motifs (C(OH)–C–C–N with tert-alkyl or cyclic N) is 1. The molecule has 0 aliphatic carbocycles. The molecule has 2 aliphatic rings. The number of nitrogens with zero attached hydrogens (tertiary/aromatic N) is 3. The molecule has 2 aromatic rings. The van der Waals surface area contributed by atoms with Gasteiger partial charge in [-0.3, -0.25) is 9.69 Å². The van der Waals surface area contributed by atoms with E-state index in [2.05, 4.69) is 10.2 Å². The van der Waals surface area contributed by atoms with Crippen molar-refractivity contribution in [3.05, 3.63) is 59.9 Å². The Balaban J connectivity index is 1.36. The van der Waals surface area contributed by atoms with Crippen molar-refractivity contribution in [2.75, 3.05) is 72.7 Å². The maximum atomic E-state index is 13.3. The predicted octanol–water partition coefficient (Wildman–Crippen LogP) is 1.33. The summed E-state index contributed by atoms with van der Waals surface area (Å²) in [5.74, 6) is 0.571. The molecule has 0 spiro atoms. The van der Waals surface area contributed by atoms with Gasteiger partial charge in [0, 0.05) is 46.4 Å². The number of nitrogens with one attached hydrogen (secondary N) is 1. The van der Waals surface area contributed by atoms with E-state index in [9.17, 15) is 19.1 Å². The average Bonchev–Trinajstić information content (AvgIpc) is 3.23. The molecule has 3 amide bonds. The van der Waals surface area contributed by atoms with Crippen LogP contribution in [0.2, 0.25) is 0 Å². The Bertz CT molecular complexity index is 1070. The van der Waals surface area contributed by atoms with Gasteiger partial charge in [0.05, 0.1) is 13.1 Å². The topological polar surface area (TPSA) is 104 Å². The highest BCUT2D eigenvalue weighted by Gasteiger charge is 2.37. The van der Waals surface area contributed by atoms with Crippen LogP contribution in [0.4, 0.5) is 9.18 Å². The summed E-state index contributed by atoms with van der Waals surface area (Å²) in [5, 5.41) is 14.3. The normalized spacial score (nSPS) is 20.2. The zero-order valence-electron chi connectivity index (χ0n) is 21.6. The second-order valence-corrected chi connectivity index (χ2v) is 9.64. The van der Waals surface area contributed by atoms with Crippen LogP contribution in [0.1, 0.15) is 5.56 Å². The van der Waals surface area contributed by atoms with Crippen molar-refractivity contribution in [3.63, 3.8) is 0 Å².